The van der Waals surface area contributed by atoms with Gasteiger partial charge in [-0.3, -0.25) is 4.98 Å². The Hall–Kier alpha value is -2.07. The number of benzene rings is 1. The van der Waals surface area contributed by atoms with Crippen molar-refractivity contribution in [2.75, 3.05) is 5.32 Å². The fraction of sp³-hybridized carbons (Fsp3) is 0.0769. The molecule has 5 heteroatoms. The first-order chi connectivity index (χ1) is 8.66. The lowest BCUT2D eigenvalue weighted by molar-refractivity contribution is 0.0698. The molecule has 1 aromatic carbocycles. The number of carboxylic acids is 1. The molecule has 0 fully saturated rings. The van der Waals surface area contributed by atoms with Crippen LogP contribution in [0.4, 0.5) is 5.69 Å². The minimum Gasteiger partial charge on any atom is -0.478 e. The lowest BCUT2D eigenvalue weighted by atomic mass is 10.1. The molecule has 92 valence electrons. The van der Waals surface area contributed by atoms with Crippen molar-refractivity contribution in [1.29, 1.82) is 0 Å². The number of nitrogens with one attached hydrogen (secondary N) is 1. The van der Waals surface area contributed by atoms with E-state index in [1.54, 1.807) is 18.3 Å². The molecule has 2 N–H and O–H groups in total. The first kappa shape index (κ1) is 12.4. The van der Waals surface area contributed by atoms with Gasteiger partial charge in [-0.15, -0.1) is 0 Å². The molecular weight excluding hydrogens is 252 g/mol. The zero-order valence-electron chi connectivity index (χ0n) is 9.43. The van der Waals surface area contributed by atoms with Crippen molar-refractivity contribution in [3.63, 3.8) is 0 Å². The van der Waals surface area contributed by atoms with E-state index >= 15 is 0 Å². The second kappa shape index (κ2) is 5.51. The van der Waals surface area contributed by atoms with Crippen LogP contribution in [0.5, 0.6) is 0 Å². The van der Waals surface area contributed by atoms with Crippen molar-refractivity contribution >= 4 is 23.3 Å². The number of halogens is 1. The van der Waals surface area contributed by atoms with Gasteiger partial charge in [0.05, 0.1) is 23.5 Å². The summed E-state index contributed by atoms with van der Waals surface area (Å²) in [5.41, 5.74) is 1.50. The summed E-state index contributed by atoms with van der Waals surface area (Å²) in [6.45, 7) is 0.446. The van der Waals surface area contributed by atoms with Gasteiger partial charge in [-0.2, -0.15) is 0 Å². The van der Waals surface area contributed by atoms with Crippen LogP contribution in [0.15, 0.2) is 42.6 Å². The number of aromatic carboxylic acids is 1. The minimum atomic E-state index is -0.991. The number of anilines is 1. The van der Waals surface area contributed by atoms with Gasteiger partial charge in [0.2, 0.25) is 0 Å². The highest BCUT2D eigenvalue weighted by Crippen LogP contribution is 2.21. The van der Waals surface area contributed by atoms with E-state index in [1.165, 1.54) is 6.07 Å². The molecule has 0 saturated heterocycles. The highest BCUT2D eigenvalue weighted by atomic mass is 35.5. The van der Waals surface area contributed by atoms with Crippen LogP contribution in [-0.2, 0) is 6.54 Å². The summed E-state index contributed by atoms with van der Waals surface area (Å²) in [5.74, 6) is -0.991. The molecule has 0 atom stereocenters. The average molecular weight is 263 g/mol. The number of carboxylic acid groups (broad SMARTS) is 1. The quantitative estimate of drug-likeness (QED) is 0.889. The van der Waals surface area contributed by atoms with Crippen molar-refractivity contribution in [2.24, 2.45) is 0 Å². The number of hydrogen-bond donors (Lipinski definition) is 2. The Kier molecular flexibility index (Phi) is 3.79. The predicted octanol–water partition coefficient (Wildman–Crippen LogP) is 3.05. The first-order valence-electron chi connectivity index (χ1n) is 5.33. The maximum atomic E-state index is 11.0. The Balaban J connectivity index is 2.18. The van der Waals surface area contributed by atoms with E-state index in [0.717, 1.165) is 5.69 Å². The van der Waals surface area contributed by atoms with E-state index in [4.69, 9.17) is 16.7 Å². The molecule has 0 radical (unpaired) electrons. The number of aromatic nitrogens is 1. The SMILES string of the molecule is O=C(O)c1ccc(Cl)cc1NCc1ccccn1. The number of carbonyl (C=O) groups is 1. The second-order valence-electron chi connectivity index (χ2n) is 3.67. The van der Waals surface area contributed by atoms with Crippen molar-refractivity contribution < 1.29 is 9.90 Å². The Bertz CT molecular complexity index is 558. The molecule has 2 rings (SSSR count). The lowest BCUT2D eigenvalue weighted by Gasteiger charge is -2.09. The lowest BCUT2D eigenvalue weighted by Crippen LogP contribution is -2.07. The Labute approximate surface area is 109 Å². The highest BCUT2D eigenvalue weighted by Gasteiger charge is 2.10. The summed E-state index contributed by atoms with van der Waals surface area (Å²) in [6.07, 6.45) is 1.69. The topological polar surface area (TPSA) is 62.2 Å². The van der Waals surface area contributed by atoms with E-state index in [-0.39, 0.29) is 5.56 Å². The molecule has 1 aromatic heterocycles. The molecule has 0 spiro atoms. The van der Waals surface area contributed by atoms with Crippen LogP contribution in [0, 0.1) is 0 Å². The molecule has 18 heavy (non-hydrogen) atoms. The van der Waals surface area contributed by atoms with Gasteiger partial charge in [-0.25, -0.2) is 4.79 Å². The maximum Gasteiger partial charge on any atom is 0.337 e. The summed E-state index contributed by atoms with van der Waals surface area (Å²) in [6, 6.07) is 10.2. The Morgan fingerprint density at radius 1 is 1.33 bits per heavy atom. The van der Waals surface area contributed by atoms with Crippen LogP contribution < -0.4 is 5.32 Å². The van der Waals surface area contributed by atoms with Gasteiger partial charge in [0.15, 0.2) is 0 Å². The third kappa shape index (κ3) is 2.99. The molecule has 0 aliphatic carbocycles. The maximum absolute atomic E-state index is 11.0. The van der Waals surface area contributed by atoms with E-state index < -0.39 is 5.97 Å². The number of pyridine rings is 1. The van der Waals surface area contributed by atoms with Crippen molar-refractivity contribution in [3.05, 3.63) is 58.9 Å². The molecule has 1 heterocycles. The Morgan fingerprint density at radius 2 is 2.17 bits per heavy atom. The normalized spacial score (nSPS) is 10.1. The van der Waals surface area contributed by atoms with Gasteiger partial charge in [-0.1, -0.05) is 17.7 Å². The number of hydrogen-bond acceptors (Lipinski definition) is 3. The first-order valence-corrected chi connectivity index (χ1v) is 5.71. The van der Waals surface area contributed by atoms with Crippen LogP contribution in [0.2, 0.25) is 5.02 Å². The minimum absolute atomic E-state index is 0.190. The smallest absolute Gasteiger partial charge is 0.337 e. The van der Waals surface area contributed by atoms with Crippen LogP contribution in [0.1, 0.15) is 16.1 Å². The average Bonchev–Trinajstić information content (AvgIpc) is 2.37. The zero-order valence-corrected chi connectivity index (χ0v) is 10.2. The summed E-state index contributed by atoms with van der Waals surface area (Å²) < 4.78 is 0. The summed E-state index contributed by atoms with van der Waals surface area (Å²) in [4.78, 5) is 15.2. The van der Waals surface area contributed by atoms with E-state index in [0.29, 0.717) is 17.3 Å². The van der Waals surface area contributed by atoms with Gasteiger partial charge in [-0.05, 0) is 30.3 Å². The van der Waals surface area contributed by atoms with Gasteiger partial charge >= 0.3 is 5.97 Å². The predicted molar refractivity (Wildman–Crippen MR) is 70.0 cm³/mol. The number of rotatable bonds is 4. The standard InChI is InChI=1S/C13H11ClN2O2/c14-9-4-5-11(13(17)18)12(7-9)16-8-10-3-1-2-6-15-10/h1-7,16H,8H2,(H,17,18). The third-order valence-electron chi connectivity index (χ3n) is 2.40. The van der Waals surface area contributed by atoms with Crippen molar-refractivity contribution in [1.82, 2.24) is 4.98 Å². The fourth-order valence-electron chi connectivity index (χ4n) is 1.54. The van der Waals surface area contributed by atoms with Gasteiger partial charge in [0, 0.05) is 11.2 Å². The van der Waals surface area contributed by atoms with Crippen LogP contribution in [0.25, 0.3) is 0 Å². The molecule has 0 saturated carbocycles. The van der Waals surface area contributed by atoms with E-state index in [2.05, 4.69) is 10.3 Å². The molecule has 0 unspecified atom stereocenters. The molecule has 2 aromatic rings. The monoisotopic (exact) mass is 262 g/mol. The van der Waals surface area contributed by atoms with E-state index in [9.17, 15) is 4.79 Å². The molecular formula is C13H11ClN2O2. The van der Waals surface area contributed by atoms with Crippen molar-refractivity contribution in [3.8, 4) is 0 Å². The fourth-order valence-corrected chi connectivity index (χ4v) is 1.71. The highest BCUT2D eigenvalue weighted by molar-refractivity contribution is 6.31. The zero-order chi connectivity index (χ0) is 13.0. The molecule has 4 nitrogen and oxygen atoms in total. The number of nitrogens with zero attached hydrogens (tertiary/aromatic N) is 1. The van der Waals surface area contributed by atoms with Gasteiger partial charge in [0.1, 0.15) is 0 Å². The summed E-state index contributed by atoms with van der Waals surface area (Å²) in [7, 11) is 0. The van der Waals surface area contributed by atoms with Gasteiger partial charge < -0.3 is 10.4 Å². The molecule has 0 aliphatic heterocycles. The van der Waals surface area contributed by atoms with Crippen LogP contribution in [-0.4, -0.2) is 16.1 Å². The second-order valence-corrected chi connectivity index (χ2v) is 4.11. The molecule has 0 aliphatic rings. The van der Waals surface area contributed by atoms with Crippen LogP contribution >= 0.6 is 11.6 Å². The largest absolute Gasteiger partial charge is 0.478 e. The third-order valence-corrected chi connectivity index (χ3v) is 2.63. The van der Waals surface area contributed by atoms with E-state index in [1.807, 2.05) is 18.2 Å². The molecule has 0 amide bonds. The summed E-state index contributed by atoms with van der Waals surface area (Å²) >= 11 is 5.85. The van der Waals surface area contributed by atoms with Crippen molar-refractivity contribution in [2.45, 2.75) is 6.54 Å². The van der Waals surface area contributed by atoms with Gasteiger partial charge in [0.25, 0.3) is 0 Å². The Morgan fingerprint density at radius 3 is 2.83 bits per heavy atom. The van der Waals surface area contributed by atoms with Crippen LogP contribution in [0.3, 0.4) is 0 Å². The summed E-state index contributed by atoms with van der Waals surface area (Å²) in [5, 5.41) is 12.6. The molecule has 0 bridgehead atoms.